The third-order valence-corrected chi connectivity index (χ3v) is 15.7. The number of halogens is 8. The molecule has 0 N–H and O–H groups in total. The number of hydrogen-bond donors (Lipinski definition) is 0. The predicted molar refractivity (Wildman–Crippen MR) is 305 cm³/mol. The average Bonchev–Trinajstić information content (AvgIpc) is 2.46. The molecule has 15 rings (SSSR count). The lowest BCUT2D eigenvalue weighted by atomic mass is 9.84. The summed E-state index contributed by atoms with van der Waals surface area (Å²) in [5, 5.41) is 4.13. The van der Waals surface area contributed by atoms with Gasteiger partial charge in [0.25, 0.3) is 0 Å². The smallest absolute Gasteiger partial charge is 0.309 e. The van der Waals surface area contributed by atoms with E-state index in [1.807, 2.05) is 130 Å². The molecular weight excluding hydrogens is 1020 g/mol. The van der Waals surface area contributed by atoms with Crippen molar-refractivity contribution in [1.29, 1.82) is 0 Å². The van der Waals surface area contributed by atoms with Gasteiger partial charge in [0.15, 0.2) is 0 Å². The fraction of sp³-hybridized carbons (Fsp3) is 0.0294. The van der Waals surface area contributed by atoms with Gasteiger partial charge in [0.05, 0.1) is 66.6 Å². The number of nitrogens with zero attached hydrogens (tertiary/aromatic N) is 4. The lowest BCUT2D eigenvalue weighted by Crippen LogP contribution is -2.23. The first kappa shape index (κ1) is 47.3. The van der Waals surface area contributed by atoms with E-state index in [1.54, 1.807) is 54.6 Å². The fourth-order valence-corrected chi connectivity index (χ4v) is 12.7. The van der Waals surface area contributed by atoms with Gasteiger partial charge in [-0.2, -0.15) is 26.3 Å². The van der Waals surface area contributed by atoms with Crippen molar-refractivity contribution in [3.8, 4) is 45.0 Å². The highest BCUT2D eigenvalue weighted by Gasteiger charge is 2.49. The second kappa shape index (κ2) is 17.3. The molecular formula is C68H38F8N4. The second-order valence-electron chi connectivity index (χ2n) is 20.0. The van der Waals surface area contributed by atoms with Crippen LogP contribution in [0.1, 0.15) is 11.1 Å². The minimum absolute atomic E-state index is 0.0673. The van der Waals surface area contributed by atoms with Crippen molar-refractivity contribution in [1.82, 2.24) is 18.3 Å². The molecule has 0 fully saturated rings. The van der Waals surface area contributed by atoms with Crippen molar-refractivity contribution in [3.05, 3.63) is 253 Å². The van der Waals surface area contributed by atoms with Gasteiger partial charge in [0.2, 0.25) is 0 Å². The highest BCUT2D eigenvalue weighted by atomic mass is 19.4. The Morgan fingerprint density at radius 3 is 0.963 bits per heavy atom. The molecule has 15 aromatic rings. The van der Waals surface area contributed by atoms with Crippen LogP contribution < -0.4 is 0 Å². The molecule has 386 valence electrons. The van der Waals surface area contributed by atoms with Crippen LogP contribution >= 0.6 is 0 Å². The summed E-state index contributed by atoms with van der Waals surface area (Å²) < 4.78 is 144. The van der Waals surface area contributed by atoms with Gasteiger partial charge in [-0.1, -0.05) is 146 Å². The van der Waals surface area contributed by atoms with Gasteiger partial charge >= 0.3 is 12.4 Å². The van der Waals surface area contributed by atoms with Crippen LogP contribution in [0.25, 0.3) is 132 Å². The van der Waals surface area contributed by atoms with E-state index in [1.165, 1.54) is 34.9 Å². The van der Waals surface area contributed by atoms with Gasteiger partial charge in [0.1, 0.15) is 11.6 Å². The van der Waals surface area contributed by atoms with E-state index in [0.717, 1.165) is 45.7 Å². The molecule has 0 aliphatic rings. The fourth-order valence-electron chi connectivity index (χ4n) is 12.7. The van der Waals surface area contributed by atoms with Gasteiger partial charge in [-0.05, 0) is 96.1 Å². The molecule has 0 saturated heterocycles. The van der Waals surface area contributed by atoms with Crippen molar-refractivity contribution in [2.45, 2.75) is 12.4 Å². The standard InChI is InChI=1S/C68H38F8N4/c69-41-31-27-39(28-32-41)57-61(67(71,72)73)66(80-52-24-12-8-20-46(52)48-36-38-56-60(64(48)80)50-22-10-14-26-54(50)78(56)44-17-5-2-6-18-44)62(68(74,75)76)58(40-29-33-42(70)34-30-40)65(57)79-51-23-11-7-19-45(51)47-35-37-55-59(63(47)79)49-21-9-13-25-53(49)77(55)43-15-3-1-4-16-43/h1-38H. The number of benzene rings is 11. The van der Waals surface area contributed by atoms with Crippen molar-refractivity contribution in [3.63, 3.8) is 0 Å². The molecule has 80 heavy (non-hydrogen) atoms. The topological polar surface area (TPSA) is 19.7 Å². The summed E-state index contributed by atoms with van der Waals surface area (Å²) >= 11 is 0. The molecule has 0 amide bonds. The van der Waals surface area contributed by atoms with E-state index < -0.39 is 57.6 Å². The Morgan fingerprint density at radius 2 is 0.588 bits per heavy atom. The predicted octanol–water partition coefficient (Wildman–Crippen LogP) is 19.7. The Balaban J connectivity index is 1.25. The second-order valence-corrected chi connectivity index (χ2v) is 20.0. The molecule has 4 nitrogen and oxygen atoms in total. The van der Waals surface area contributed by atoms with Crippen LogP contribution in [0.15, 0.2) is 231 Å². The molecule has 0 saturated carbocycles. The van der Waals surface area contributed by atoms with Gasteiger partial charge in [-0.3, -0.25) is 0 Å². The van der Waals surface area contributed by atoms with Crippen molar-refractivity contribution >= 4 is 87.2 Å². The summed E-state index contributed by atoms with van der Waals surface area (Å²) in [5.41, 5.74) is -1.82. The first-order valence-electron chi connectivity index (χ1n) is 25.8. The number of fused-ring (bicyclic) bond motifs is 14. The minimum Gasteiger partial charge on any atom is -0.309 e. The average molecular weight is 1060 g/mol. The summed E-state index contributed by atoms with van der Waals surface area (Å²) in [5.74, 6) is -1.55. The molecule has 11 aromatic carbocycles. The highest BCUT2D eigenvalue weighted by Crippen LogP contribution is 2.58. The zero-order valence-corrected chi connectivity index (χ0v) is 41.8. The van der Waals surface area contributed by atoms with E-state index in [4.69, 9.17) is 0 Å². The number of alkyl halides is 6. The maximum atomic E-state index is 17.8. The Hall–Kier alpha value is -9.94. The third kappa shape index (κ3) is 6.81. The number of hydrogen-bond acceptors (Lipinski definition) is 0. The Morgan fingerprint density at radius 1 is 0.263 bits per heavy atom. The molecule has 0 unspecified atom stereocenters. The highest BCUT2D eigenvalue weighted by molar-refractivity contribution is 6.28. The molecule has 0 aliphatic carbocycles. The summed E-state index contributed by atoms with van der Waals surface area (Å²) in [6.45, 7) is 0. The van der Waals surface area contributed by atoms with Crippen molar-refractivity contribution in [2.24, 2.45) is 0 Å². The van der Waals surface area contributed by atoms with Crippen LogP contribution in [0.2, 0.25) is 0 Å². The van der Waals surface area contributed by atoms with Gasteiger partial charge in [-0.25, -0.2) is 8.78 Å². The summed E-state index contributed by atoms with van der Waals surface area (Å²) in [4.78, 5) is 0. The largest absolute Gasteiger partial charge is 0.419 e. The first-order valence-corrected chi connectivity index (χ1v) is 25.8. The summed E-state index contributed by atoms with van der Waals surface area (Å²) in [6, 6.07) is 63.3. The lowest BCUT2D eigenvalue weighted by molar-refractivity contribution is -0.142. The quantitative estimate of drug-likeness (QED) is 0.148. The maximum absolute atomic E-state index is 17.8. The van der Waals surface area contributed by atoms with Gasteiger partial charge in [0, 0.05) is 65.6 Å². The van der Waals surface area contributed by atoms with Crippen LogP contribution in [0.4, 0.5) is 35.1 Å². The Labute approximate surface area is 449 Å². The SMILES string of the molecule is Fc1ccc(-c2c(-n3c4ccccc4c4ccc5c(c6ccccc6n5-c5ccccc5)c43)c(-c3ccc(F)cc3)c(C(F)(F)F)c(-n3c4ccccc4c4ccc5c(c6ccccc6n5-c5ccccc5)c43)c2C(F)(F)F)cc1. The summed E-state index contributed by atoms with van der Waals surface area (Å²) in [6.07, 6.45) is -11.1. The third-order valence-electron chi connectivity index (χ3n) is 15.7. The Bertz CT molecular complexity index is 4940. The molecule has 4 heterocycles. The van der Waals surface area contributed by atoms with E-state index >= 15 is 35.1 Å². The van der Waals surface area contributed by atoms with Crippen LogP contribution in [0.3, 0.4) is 0 Å². The summed E-state index contributed by atoms with van der Waals surface area (Å²) in [7, 11) is 0. The van der Waals surface area contributed by atoms with Crippen LogP contribution in [0, 0.1) is 11.6 Å². The number of rotatable bonds is 6. The van der Waals surface area contributed by atoms with Gasteiger partial charge in [-0.15, -0.1) is 0 Å². The van der Waals surface area contributed by atoms with E-state index in [9.17, 15) is 0 Å². The van der Waals surface area contributed by atoms with E-state index in [-0.39, 0.29) is 22.2 Å². The first-order chi connectivity index (χ1) is 38.9. The van der Waals surface area contributed by atoms with E-state index in [0.29, 0.717) is 70.7 Å². The number of para-hydroxylation sites is 6. The molecule has 0 bridgehead atoms. The Kier molecular flexibility index (Phi) is 10.2. The molecule has 0 radical (unpaired) electrons. The van der Waals surface area contributed by atoms with E-state index in [2.05, 4.69) is 0 Å². The van der Waals surface area contributed by atoms with Gasteiger partial charge < -0.3 is 18.3 Å². The lowest BCUT2D eigenvalue weighted by Gasteiger charge is -2.31. The van der Waals surface area contributed by atoms with Crippen molar-refractivity contribution < 1.29 is 35.1 Å². The normalized spacial score (nSPS) is 12.5. The van der Waals surface area contributed by atoms with Crippen molar-refractivity contribution in [2.75, 3.05) is 0 Å². The molecule has 0 atom stereocenters. The zero-order valence-electron chi connectivity index (χ0n) is 41.8. The minimum atomic E-state index is -5.57. The maximum Gasteiger partial charge on any atom is 0.419 e. The molecule has 0 aliphatic heterocycles. The van der Waals surface area contributed by atoms with Crippen LogP contribution in [0.5, 0.6) is 0 Å². The molecule has 12 heteroatoms. The molecule has 4 aromatic heterocycles. The zero-order chi connectivity index (χ0) is 54.3. The number of aromatic nitrogens is 4. The monoisotopic (exact) mass is 1060 g/mol. The van der Waals surface area contributed by atoms with Crippen LogP contribution in [-0.4, -0.2) is 18.3 Å². The molecule has 0 spiro atoms. The van der Waals surface area contributed by atoms with Crippen LogP contribution in [-0.2, 0) is 12.4 Å².